The Hall–Kier alpha value is -1.24. The van der Waals surface area contributed by atoms with Crippen LogP contribution < -0.4 is 4.74 Å². The fourth-order valence-electron chi connectivity index (χ4n) is 1.20. The quantitative estimate of drug-likeness (QED) is 0.443. The van der Waals surface area contributed by atoms with Crippen molar-refractivity contribution in [1.29, 1.82) is 0 Å². The summed E-state index contributed by atoms with van der Waals surface area (Å²) >= 11 is 5.48. The first-order valence-electron chi connectivity index (χ1n) is 5.57. The molecule has 1 rings (SSSR count). The van der Waals surface area contributed by atoms with Crippen molar-refractivity contribution in [2.75, 3.05) is 25.7 Å². The summed E-state index contributed by atoms with van der Waals surface area (Å²) in [6.07, 6.45) is 4.23. The smallest absolute Gasteiger partial charge is 0.138 e. The second-order valence-electron chi connectivity index (χ2n) is 3.24. The molecule has 0 unspecified atom stereocenters. The summed E-state index contributed by atoms with van der Waals surface area (Å²) < 4.78 is 10.7. The molecule has 0 radical (unpaired) electrons. The Morgan fingerprint density at radius 2 is 2.24 bits per heavy atom. The highest BCUT2D eigenvalue weighted by Gasteiger charge is 1.96. The van der Waals surface area contributed by atoms with E-state index in [2.05, 4.69) is 16.8 Å². The lowest BCUT2D eigenvalue weighted by Crippen LogP contribution is -2.03. The summed E-state index contributed by atoms with van der Waals surface area (Å²) in [5.74, 6) is 6.72. The summed E-state index contributed by atoms with van der Waals surface area (Å²) in [5.41, 5.74) is 0.813. The van der Waals surface area contributed by atoms with Gasteiger partial charge in [-0.05, 0) is 13.0 Å². The van der Waals surface area contributed by atoms with Gasteiger partial charge in [-0.15, -0.1) is 11.6 Å². The third-order valence-corrected chi connectivity index (χ3v) is 2.05. The fourth-order valence-corrected chi connectivity index (χ4v) is 1.26. The van der Waals surface area contributed by atoms with Crippen LogP contribution in [0.15, 0.2) is 18.5 Å². The van der Waals surface area contributed by atoms with Gasteiger partial charge in [-0.3, -0.25) is 4.98 Å². The second kappa shape index (κ2) is 8.86. The van der Waals surface area contributed by atoms with Gasteiger partial charge in [-0.2, -0.15) is 0 Å². The van der Waals surface area contributed by atoms with E-state index in [4.69, 9.17) is 21.1 Å². The van der Waals surface area contributed by atoms with Crippen LogP contribution in [0.3, 0.4) is 0 Å². The van der Waals surface area contributed by atoms with E-state index in [-0.39, 0.29) is 0 Å². The maximum absolute atomic E-state index is 5.53. The molecule has 4 heteroatoms. The Morgan fingerprint density at radius 1 is 1.35 bits per heavy atom. The van der Waals surface area contributed by atoms with Gasteiger partial charge >= 0.3 is 0 Å². The fraction of sp³-hybridized carbons (Fsp3) is 0.462. The van der Waals surface area contributed by atoms with Gasteiger partial charge in [0, 0.05) is 31.4 Å². The number of alkyl halides is 1. The van der Waals surface area contributed by atoms with E-state index in [1.54, 1.807) is 12.4 Å². The van der Waals surface area contributed by atoms with Gasteiger partial charge < -0.3 is 9.47 Å². The number of hydrogen-bond donors (Lipinski definition) is 0. The Bertz CT molecular complexity index is 384. The molecule has 0 amide bonds. The summed E-state index contributed by atoms with van der Waals surface area (Å²) in [6, 6.07) is 1.85. The van der Waals surface area contributed by atoms with Crippen LogP contribution in [0.4, 0.5) is 0 Å². The Kier molecular flexibility index (Phi) is 7.20. The molecule has 0 aliphatic carbocycles. The standard InChI is InChI=1S/C13H16ClNO2/c1-2-16-7-4-8-17-13-9-12(5-3-6-14)10-15-11-13/h9-11H,2,4,6-8H2,1H3. The molecule has 17 heavy (non-hydrogen) atoms. The molecule has 1 aromatic rings. The number of halogens is 1. The molecule has 0 aliphatic heterocycles. The topological polar surface area (TPSA) is 31.4 Å². The monoisotopic (exact) mass is 253 g/mol. The van der Waals surface area contributed by atoms with Crippen molar-refractivity contribution in [3.63, 3.8) is 0 Å². The van der Waals surface area contributed by atoms with Gasteiger partial charge in [0.15, 0.2) is 0 Å². The van der Waals surface area contributed by atoms with E-state index < -0.39 is 0 Å². The highest BCUT2D eigenvalue weighted by Crippen LogP contribution is 2.10. The molecule has 3 nitrogen and oxygen atoms in total. The average molecular weight is 254 g/mol. The van der Waals surface area contributed by atoms with Gasteiger partial charge in [0.2, 0.25) is 0 Å². The predicted octanol–water partition coefficient (Wildman–Crippen LogP) is 2.48. The van der Waals surface area contributed by atoms with Gasteiger partial charge in [0.1, 0.15) is 5.75 Å². The van der Waals surface area contributed by atoms with Crippen LogP contribution in [0.2, 0.25) is 0 Å². The second-order valence-corrected chi connectivity index (χ2v) is 3.51. The third-order valence-electron chi connectivity index (χ3n) is 1.92. The summed E-state index contributed by atoms with van der Waals surface area (Å²) in [6.45, 7) is 4.05. The number of hydrogen-bond acceptors (Lipinski definition) is 3. The van der Waals surface area contributed by atoms with Gasteiger partial charge in [0.25, 0.3) is 0 Å². The van der Waals surface area contributed by atoms with Gasteiger partial charge in [-0.1, -0.05) is 11.8 Å². The Morgan fingerprint density at radius 3 is 3.00 bits per heavy atom. The van der Waals surface area contributed by atoms with Gasteiger partial charge in [-0.25, -0.2) is 0 Å². The Balaban J connectivity index is 2.38. The number of ether oxygens (including phenoxy) is 2. The highest BCUT2D eigenvalue weighted by atomic mass is 35.5. The van der Waals surface area contributed by atoms with Crippen molar-refractivity contribution in [3.8, 4) is 17.6 Å². The minimum atomic E-state index is 0.319. The van der Waals surface area contributed by atoms with E-state index in [0.717, 1.165) is 30.9 Å². The van der Waals surface area contributed by atoms with Crippen molar-refractivity contribution >= 4 is 11.6 Å². The van der Waals surface area contributed by atoms with E-state index in [1.165, 1.54) is 0 Å². The molecule has 0 saturated carbocycles. The molecule has 0 fully saturated rings. The van der Waals surface area contributed by atoms with Crippen molar-refractivity contribution in [1.82, 2.24) is 4.98 Å². The SMILES string of the molecule is CCOCCCOc1cncc(C#CCCl)c1. The van der Waals surface area contributed by atoms with Crippen LogP contribution in [-0.4, -0.2) is 30.7 Å². The van der Waals surface area contributed by atoms with Crippen molar-refractivity contribution in [3.05, 3.63) is 24.0 Å². The molecular weight excluding hydrogens is 238 g/mol. The minimum Gasteiger partial charge on any atom is -0.492 e. The van der Waals surface area contributed by atoms with Crippen LogP contribution in [-0.2, 0) is 4.74 Å². The lowest BCUT2D eigenvalue weighted by atomic mass is 10.3. The van der Waals surface area contributed by atoms with E-state index in [0.29, 0.717) is 12.5 Å². The molecule has 0 N–H and O–H groups in total. The summed E-state index contributed by atoms with van der Waals surface area (Å²) in [4.78, 5) is 4.05. The zero-order valence-electron chi connectivity index (χ0n) is 9.91. The maximum atomic E-state index is 5.53. The van der Waals surface area contributed by atoms with Crippen LogP contribution in [0.1, 0.15) is 18.9 Å². The lowest BCUT2D eigenvalue weighted by molar-refractivity contribution is 0.131. The van der Waals surface area contributed by atoms with Crippen LogP contribution in [0.25, 0.3) is 0 Å². The first-order valence-corrected chi connectivity index (χ1v) is 6.10. The van der Waals surface area contributed by atoms with Crippen molar-refractivity contribution in [2.24, 2.45) is 0 Å². The Labute approximate surface area is 107 Å². The molecule has 0 atom stereocenters. The zero-order valence-corrected chi connectivity index (χ0v) is 10.7. The molecular formula is C13H16ClNO2. The highest BCUT2D eigenvalue weighted by molar-refractivity contribution is 6.19. The first-order chi connectivity index (χ1) is 8.36. The molecule has 1 aromatic heterocycles. The molecule has 1 heterocycles. The van der Waals surface area contributed by atoms with Crippen LogP contribution >= 0.6 is 11.6 Å². The number of nitrogens with zero attached hydrogens (tertiary/aromatic N) is 1. The number of rotatable bonds is 6. The van der Waals surface area contributed by atoms with E-state index in [9.17, 15) is 0 Å². The minimum absolute atomic E-state index is 0.319. The number of pyridine rings is 1. The summed E-state index contributed by atoms with van der Waals surface area (Å²) in [7, 11) is 0. The third kappa shape index (κ3) is 6.15. The normalized spacial score (nSPS) is 9.53. The van der Waals surface area contributed by atoms with Gasteiger partial charge in [0.05, 0.1) is 18.7 Å². The average Bonchev–Trinajstić information content (AvgIpc) is 2.37. The van der Waals surface area contributed by atoms with Crippen molar-refractivity contribution < 1.29 is 9.47 Å². The molecule has 0 aromatic carbocycles. The first kappa shape index (κ1) is 13.8. The predicted molar refractivity (Wildman–Crippen MR) is 68.4 cm³/mol. The molecule has 0 spiro atoms. The molecule has 0 aliphatic rings. The van der Waals surface area contributed by atoms with Crippen molar-refractivity contribution in [2.45, 2.75) is 13.3 Å². The molecule has 0 bridgehead atoms. The van der Waals surface area contributed by atoms with Crippen LogP contribution in [0, 0.1) is 11.8 Å². The van der Waals surface area contributed by atoms with E-state index >= 15 is 0 Å². The largest absolute Gasteiger partial charge is 0.492 e. The lowest BCUT2D eigenvalue weighted by Gasteiger charge is -2.05. The van der Waals surface area contributed by atoms with Crippen LogP contribution in [0.5, 0.6) is 5.75 Å². The zero-order chi connectivity index (χ0) is 12.3. The summed E-state index contributed by atoms with van der Waals surface area (Å²) in [5, 5.41) is 0. The maximum Gasteiger partial charge on any atom is 0.138 e. The molecule has 92 valence electrons. The van der Waals surface area contributed by atoms with E-state index in [1.807, 2.05) is 13.0 Å². The molecule has 0 saturated heterocycles. The number of aromatic nitrogens is 1.